The molecule has 3 aromatic rings. The lowest BCUT2D eigenvalue weighted by Crippen LogP contribution is -1.89. The Morgan fingerprint density at radius 2 is 1.76 bits per heavy atom. The number of halogens is 2. The van der Waals surface area contributed by atoms with Crippen molar-refractivity contribution in [2.24, 2.45) is 0 Å². The molecule has 0 atom stereocenters. The van der Waals surface area contributed by atoms with Crippen molar-refractivity contribution >= 4 is 39.8 Å². The summed E-state index contributed by atoms with van der Waals surface area (Å²) in [5, 5.41) is 12.4. The normalized spacial score (nSPS) is 10.8. The minimum Gasteiger partial charge on any atom is -0.258 e. The van der Waals surface area contributed by atoms with Crippen LogP contribution in [-0.2, 0) is 0 Å². The highest BCUT2D eigenvalue weighted by atomic mass is 35.5. The van der Waals surface area contributed by atoms with E-state index in [-0.39, 0.29) is 5.69 Å². The number of pyridine rings is 1. The molecular formula is C15H8Cl2N2O2. The molecular weight excluding hydrogens is 311 g/mol. The second-order valence-corrected chi connectivity index (χ2v) is 5.27. The SMILES string of the molecule is O=[N+]([O-])c1ccc2nc(-c3ccc(Cl)c(Cl)c3)ccc2c1. The van der Waals surface area contributed by atoms with Gasteiger partial charge in [-0.2, -0.15) is 0 Å². The first-order chi connectivity index (χ1) is 10.0. The number of hydrogen-bond donors (Lipinski definition) is 0. The van der Waals surface area contributed by atoms with Gasteiger partial charge in [-0.3, -0.25) is 10.1 Å². The second kappa shape index (κ2) is 5.31. The number of nitrogens with zero attached hydrogens (tertiary/aromatic N) is 2. The number of benzene rings is 2. The van der Waals surface area contributed by atoms with E-state index in [4.69, 9.17) is 23.2 Å². The minimum absolute atomic E-state index is 0.0478. The predicted molar refractivity (Wildman–Crippen MR) is 83.9 cm³/mol. The van der Waals surface area contributed by atoms with Crippen LogP contribution in [0.1, 0.15) is 0 Å². The fraction of sp³-hybridized carbons (Fsp3) is 0. The molecule has 21 heavy (non-hydrogen) atoms. The summed E-state index contributed by atoms with van der Waals surface area (Å²) in [6.45, 7) is 0. The number of nitro benzene ring substituents is 1. The Morgan fingerprint density at radius 1 is 0.952 bits per heavy atom. The van der Waals surface area contributed by atoms with Gasteiger partial charge in [0.2, 0.25) is 0 Å². The van der Waals surface area contributed by atoms with Gasteiger partial charge >= 0.3 is 0 Å². The zero-order valence-electron chi connectivity index (χ0n) is 10.6. The molecule has 0 saturated heterocycles. The molecule has 6 heteroatoms. The van der Waals surface area contributed by atoms with Crippen LogP contribution in [0.3, 0.4) is 0 Å². The van der Waals surface area contributed by atoms with Crippen molar-refractivity contribution in [3.63, 3.8) is 0 Å². The van der Waals surface area contributed by atoms with E-state index in [0.717, 1.165) is 11.3 Å². The third-order valence-electron chi connectivity index (χ3n) is 3.10. The van der Waals surface area contributed by atoms with Crippen molar-refractivity contribution in [3.8, 4) is 11.3 Å². The Morgan fingerprint density at radius 3 is 2.48 bits per heavy atom. The molecule has 1 aromatic heterocycles. The van der Waals surface area contributed by atoms with Gasteiger partial charge in [0, 0.05) is 23.1 Å². The number of hydrogen-bond acceptors (Lipinski definition) is 3. The maximum atomic E-state index is 10.8. The van der Waals surface area contributed by atoms with Crippen LogP contribution >= 0.6 is 23.2 Å². The molecule has 0 saturated carbocycles. The average molecular weight is 319 g/mol. The zero-order chi connectivity index (χ0) is 15.0. The van der Waals surface area contributed by atoms with Gasteiger partial charge < -0.3 is 0 Å². The molecule has 0 bridgehead atoms. The van der Waals surface area contributed by atoms with Crippen molar-refractivity contribution in [3.05, 3.63) is 68.7 Å². The lowest BCUT2D eigenvalue weighted by Gasteiger charge is -2.05. The Bertz CT molecular complexity index is 865. The van der Waals surface area contributed by atoms with Crippen LogP contribution in [0.15, 0.2) is 48.5 Å². The monoisotopic (exact) mass is 318 g/mol. The molecule has 104 valence electrons. The highest BCUT2D eigenvalue weighted by Gasteiger charge is 2.08. The van der Waals surface area contributed by atoms with E-state index in [1.807, 2.05) is 6.07 Å². The molecule has 0 aliphatic heterocycles. The third-order valence-corrected chi connectivity index (χ3v) is 3.84. The first-order valence-corrected chi connectivity index (χ1v) is 6.81. The molecule has 4 nitrogen and oxygen atoms in total. The summed E-state index contributed by atoms with van der Waals surface area (Å²) in [6.07, 6.45) is 0. The fourth-order valence-corrected chi connectivity index (χ4v) is 2.34. The molecule has 0 aliphatic rings. The summed E-state index contributed by atoms with van der Waals surface area (Å²) in [4.78, 5) is 14.8. The molecule has 2 aromatic carbocycles. The third kappa shape index (κ3) is 2.68. The Kier molecular flexibility index (Phi) is 3.49. The van der Waals surface area contributed by atoms with E-state index >= 15 is 0 Å². The smallest absolute Gasteiger partial charge is 0.258 e. The molecule has 0 radical (unpaired) electrons. The van der Waals surface area contributed by atoms with Gasteiger partial charge in [0.05, 0.1) is 26.2 Å². The summed E-state index contributed by atoms with van der Waals surface area (Å²) < 4.78 is 0. The lowest BCUT2D eigenvalue weighted by atomic mass is 10.1. The van der Waals surface area contributed by atoms with Crippen molar-refractivity contribution in [1.82, 2.24) is 4.98 Å². The zero-order valence-corrected chi connectivity index (χ0v) is 12.1. The summed E-state index contributed by atoms with van der Waals surface area (Å²) in [7, 11) is 0. The highest BCUT2D eigenvalue weighted by Crippen LogP contribution is 2.29. The molecule has 0 amide bonds. The van der Waals surface area contributed by atoms with Gasteiger partial charge in [0.25, 0.3) is 5.69 Å². The van der Waals surface area contributed by atoms with Crippen molar-refractivity contribution in [2.45, 2.75) is 0 Å². The first-order valence-electron chi connectivity index (χ1n) is 6.05. The summed E-state index contributed by atoms with van der Waals surface area (Å²) in [5.41, 5.74) is 2.30. The molecule has 0 N–H and O–H groups in total. The van der Waals surface area contributed by atoms with E-state index in [0.29, 0.717) is 20.9 Å². The first kappa shape index (κ1) is 13.8. The number of non-ortho nitro benzene ring substituents is 1. The van der Waals surface area contributed by atoms with Crippen LogP contribution in [0.5, 0.6) is 0 Å². The molecule has 1 heterocycles. The number of rotatable bonds is 2. The topological polar surface area (TPSA) is 56.0 Å². The van der Waals surface area contributed by atoms with E-state index in [1.165, 1.54) is 12.1 Å². The maximum absolute atomic E-state index is 10.8. The van der Waals surface area contributed by atoms with Crippen molar-refractivity contribution in [1.29, 1.82) is 0 Å². The van der Waals surface area contributed by atoms with E-state index in [9.17, 15) is 10.1 Å². The van der Waals surface area contributed by atoms with Gasteiger partial charge in [-0.1, -0.05) is 35.3 Å². The molecule has 3 rings (SSSR count). The number of nitro groups is 1. The van der Waals surface area contributed by atoms with Gasteiger partial charge in [0.15, 0.2) is 0 Å². The van der Waals surface area contributed by atoms with Crippen molar-refractivity contribution < 1.29 is 4.92 Å². The number of aromatic nitrogens is 1. The van der Waals surface area contributed by atoms with Crippen LogP contribution in [0.25, 0.3) is 22.2 Å². The van der Waals surface area contributed by atoms with Gasteiger partial charge in [0.1, 0.15) is 0 Å². The highest BCUT2D eigenvalue weighted by molar-refractivity contribution is 6.42. The predicted octanol–water partition coefficient (Wildman–Crippen LogP) is 5.12. The van der Waals surface area contributed by atoms with Crippen LogP contribution in [0.4, 0.5) is 5.69 Å². The molecule has 0 unspecified atom stereocenters. The molecule has 0 aliphatic carbocycles. The minimum atomic E-state index is -0.424. The Balaban J connectivity index is 2.10. The van der Waals surface area contributed by atoms with Crippen LogP contribution < -0.4 is 0 Å². The van der Waals surface area contributed by atoms with Crippen LogP contribution in [0, 0.1) is 10.1 Å². The number of fused-ring (bicyclic) bond motifs is 1. The van der Waals surface area contributed by atoms with Crippen LogP contribution in [-0.4, -0.2) is 9.91 Å². The van der Waals surface area contributed by atoms with E-state index in [1.54, 1.807) is 30.3 Å². The summed E-state index contributed by atoms with van der Waals surface area (Å²) >= 11 is 11.9. The lowest BCUT2D eigenvalue weighted by molar-refractivity contribution is -0.384. The maximum Gasteiger partial charge on any atom is 0.270 e. The van der Waals surface area contributed by atoms with E-state index in [2.05, 4.69) is 4.98 Å². The Labute approximate surface area is 130 Å². The summed E-state index contributed by atoms with van der Waals surface area (Å²) in [6, 6.07) is 13.4. The second-order valence-electron chi connectivity index (χ2n) is 4.46. The standard InChI is InChI=1S/C15H8Cl2N2O2/c16-12-4-1-10(8-13(12)17)14-5-2-9-7-11(19(20)21)3-6-15(9)18-14/h1-8H. The van der Waals surface area contributed by atoms with Gasteiger partial charge in [-0.15, -0.1) is 0 Å². The van der Waals surface area contributed by atoms with Gasteiger partial charge in [-0.25, -0.2) is 4.98 Å². The van der Waals surface area contributed by atoms with Crippen molar-refractivity contribution in [2.75, 3.05) is 0 Å². The Hall–Kier alpha value is -2.17. The fourth-order valence-electron chi connectivity index (χ4n) is 2.04. The molecule has 0 fully saturated rings. The van der Waals surface area contributed by atoms with Gasteiger partial charge in [-0.05, 0) is 24.3 Å². The quantitative estimate of drug-likeness (QED) is 0.487. The summed E-state index contributed by atoms with van der Waals surface area (Å²) in [5.74, 6) is 0. The van der Waals surface area contributed by atoms with Crippen LogP contribution in [0.2, 0.25) is 10.0 Å². The van der Waals surface area contributed by atoms with E-state index < -0.39 is 4.92 Å². The molecule has 0 spiro atoms. The average Bonchev–Trinajstić information content (AvgIpc) is 2.49. The largest absolute Gasteiger partial charge is 0.270 e.